The number of hydrogen-bond donors (Lipinski definition) is 2. The Labute approximate surface area is 228 Å². The summed E-state index contributed by atoms with van der Waals surface area (Å²) in [6.45, 7) is 13.9. The standard InChI is InChI=1S/C27H38ClFN8O/c1-15(2)24(19-8-9-22(29)21(28)11-19)35-12-17(4)36(13-16(35)3)25-23-26(33-27(32-25)34-30)37(18(5)31-23)14-20-7-6-10-38-20/h8-9,11,15-17,20,24H,6-7,10,12-14,30H2,1-5H3,(H,32,33,34)/t16-,17+,20?,24?/m1/s1. The van der Waals surface area contributed by atoms with Crippen molar-refractivity contribution in [3.05, 3.63) is 40.4 Å². The van der Waals surface area contributed by atoms with E-state index in [4.69, 9.17) is 37.1 Å². The molecule has 0 amide bonds. The van der Waals surface area contributed by atoms with E-state index < -0.39 is 5.82 Å². The molecule has 3 N–H and O–H groups in total. The van der Waals surface area contributed by atoms with E-state index in [0.29, 0.717) is 18.4 Å². The van der Waals surface area contributed by atoms with Gasteiger partial charge in [0.2, 0.25) is 5.95 Å². The molecule has 2 aliphatic rings. The second kappa shape index (κ2) is 10.9. The van der Waals surface area contributed by atoms with E-state index in [-0.39, 0.29) is 29.3 Å². The average molecular weight is 545 g/mol. The number of nitrogens with two attached hydrogens (primary N) is 1. The van der Waals surface area contributed by atoms with Crippen molar-refractivity contribution >= 4 is 34.5 Å². The fourth-order valence-corrected chi connectivity index (χ4v) is 6.25. The van der Waals surface area contributed by atoms with Crippen molar-refractivity contribution in [2.75, 3.05) is 30.0 Å². The minimum absolute atomic E-state index is 0.104. The number of aromatic nitrogens is 4. The first-order valence-corrected chi connectivity index (χ1v) is 13.9. The Balaban J connectivity index is 1.47. The van der Waals surface area contributed by atoms with Crippen molar-refractivity contribution in [2.24, 2.45) is 11.8 Å². The van der Waals surface area contributed by atoms with Crippen LogP contribution in [0.4, 0.5) is 16.2 Å². The molecule has 1 aromatic carbocycles. The summed E-state index contributed by atoms with van der Waals surface area (Å²) in [7, 11) is 0. The molecular weight excluding hydrogens is 507 g/mol. The summed E-state index contributed by atoms with van der Waals surface area (Å²) in [6.07, 6.45) is 2.27. The molecule has 0 radical (unpaired) electrons. The summed E-state index contributed by atoms with van der Waals surface area (Å²) in [6, 6.07) is 5.51. The van der Waals surface area contributed by atoms with Gasteiger partial charge in [-0.05, 0) is 57.2 Å². The fourth-order valence-electron chi connectivity index (χ4n) is 6.06. The molecule has 0 aliphatic carbocycles. The number of anilines is 2. The highest BCUT2D eigenvalue weighted by atomic mass is 35.5. The summed E-state index contributed by atoms with van der Waals surface area (Å²) in [4.78, 5) is 19.2. The summed E-state index contributed by atoms with van der Waals surface area (Å²) < 4.78 is 21.9. The second-order valence-corrected chi connectivity index (χ2v) is 11.4. The number of nitrogen functional groups attached to an aromatic ring is 1. The van der Waals surface area contributed by atoms with Gasteiger partial charge in [0.25, 0.3) is 0 Å². The molecule has 0 bridgehead atoms. The van der Waals surface area contributed by atoms with Crippen LogP contribution in [0.2, 0.25) is 5.02 Å². The molecule has 9 nitrogen and oxygen atoms in total. The summed E-state index contributed by atoms with van der Waals surface area (Å²) >= 11 is 6.17. The van der Waals surface area contributed by atoms with E-state index in [1.54, 1.807) is 6.07 Å². The summed E-state index contributed by atoms with van der Waals surface area (Å²) in [5.41, 5.74) is 5.22. The van der Waals surface area contributed by atoms with Crippen molar-refractivity contribution in [1.82, 2.24) is 24.4 Å². The SMILES string of the molecule is Cc1nc2c(N3C[C@@H](C)N(C(c4ccc(F)c(Cl)c4)C(C)C)C[C@@H]3C)nc(NN)nc2n1CC1CCCO1. The van der Waals surface area contributed by atoms with Gasteiger partial charge in [-0.15, -0.1) is 0 Å². The monoisotopic (exact) mass is 544 g/mol. The quantitative estimate of drug-likeness (QED) is 0.327. The van der Waals surface area contributed by atoms with Crippen LogP contribution in [0.15, 0.2) is 18.2 Å². The number of nitrogens with one attached hydrogen (secondary N) is 1. The molecule has 2 unspecified atom stereocenters. The third-order valence-electron chi connectivity index (χ3n) is 7.89. The third kappa shape index (κ3) is 5.06. The van der Waals surface area contributed by atoms with Crippen LogP contribution >= 0.6 is 11.6 Å². The minimum Gasteiger partial charge on any atom is -0.376 e. The van der Waals surface area contributed by atoms with Gasteiger partial charge in [0.15, 0.2) is 17.0 Å². The average Bonchev–Trinajstić information content (AvgIpc) is 3.50. The van der Waals surface area contributed by atoms with Crippen molar-refractivity contribution in [1.29, 1.82) is 0 Å². The highest BCUT2D eigenvalue weighted by molar-refractivity contribution is 6.30. The summed E-state index contributed by atoms with van der Waals surface area (Å²) in [5, 5.41) is 0.159. The number of halogens is 2. The molecule has 2 aliphatic heterocycles. The van der Waals surface area contributed by atoms with E-state index in [1.165, 1.54) is 6.07 Å². The van der Waals surface area contributed by atoms with Gasteiger partial charge in [-0.1, -0.05) is 31.5 Å². The number of hydrazine groups is 1. The van der Waals surface area contributed by atoms with Gasteiger partial charge in [0.1, 0.15) is 11.6 Å². The molecule has 4 heterocycles. The first kappa shape index (κ1) is 27.1. The predicted octanol–water partition coefficient (Wildman–Crippen LogP) is 4.69. The molecule has 0 saturated carbocycles. The topological polar surface area (TPSA) is 97.4 Å². The van der Waals surface area contributed by atoms with Crippen molar-refractivity contribution in [2.45, 2.75) is 78.2 Å². The van der Waals surface area contributed by atoms with Crippen LogP contribution in [0.25, 0.3) is 11.2 Å². The number of piperazine rings is 1. The summed E-state index contributed by atoms with van der Waals surface area (Å²) in [5.74, 6) is 7.76. The molecule has 2 aromatic heterocycles. The molecule has 4 atom stereocenters. The Bertz CT molecular complexity index is 1290. The van der Waals surface area contributed by atoms with E-state index in [0.717, 1.165) is 60.9 Å². The molecular formula is C27H38ClFN8O. The zero-order valence-electron chi connectivity index (χ0n) is 22.8. The Morgan fingerprint density at radius 2 is 1.97 bits per heavy atom. The molecule has 11 heteroatoms. The fraction of sp³-hybridized carbons (Fsp3) is 0.593. The van der Waals surface area contributed by atoms with Gasteiger partial charge in [-0.25, -0.2) is 15.2 Å². The number of fused-ring (bicyclic) bond motifs is 1. The van der Waals surface area contributed by atoms with E-state index in [1.807, 2.05) is 13.0 Å². The number of nitrogens with zero attached hydrogens (tertiary/aromatic N) is 6. The highest BCUT2D eigenvalue weighted by Crippen LogP contribution is 2.37. The molecule has 38 heavy (non-hydrogen) atoms. The minimum atomic E-state index is -0.393. The normalized spacial score (nSPS) is 23.5. The lowest BCUT2D eigenvalue weighted by Crippen LogP contribution is -2.58. The predicted molar refractivity (Wildman–Crippen MR) is 149 cm³/mol. The number of aryl methyl sites for hydroxylation is 1. The van der Waals surface area contributed by atoms with Crippen LogP contribution in [0, 0.1) is 18.7 Å². The van der Waals surface area contributed by atoms with E-state index in [9.17, 15) is 4.39 Å². The van der Waals surface area contributed by atoms with Gasteiger partial charge in [0, 0.05) is 37.8 Å². The van der Waals surface area contributed by atoms with Gasteiger partial charge in [0.05, 0.1) is 17.7 Å². The van der Waals surface area contributed by atoms with Gasteiger partial charge >= 0.3 is 0 Å². The largest absolute Gasteiger partial charge is 0.376 e. The maximum absolute atomic E-state index is 13.9. The van der Waals surface area contributed by atoms with Gasteiger partial charge < -0.3 is 14.2 Å². The van der Waals surface area contributed by atoms with Crippen LogP contribution in [0.3, 0.4) is 0 Å². The lowest BCUT2D eigenvalue weighted by atomic mass is 9.91. The highest BCUT2D eigenvalue weighted by Gasteiger charge is 2.37. The first-order valence-electron chi connectivity index (χ1n) is 13.5. The van der Waals surface area contributed by atoms with E-state index >= 15 is 0 Å². The van der Waals surface area contributed by atoms with Crippen LogP contribution < -0.4 is 16.2 Å². The lowest BCUT2D eigenvalue weighted by Gasteiger charge is -2.49. The van der Waals surface area contributed by atoms with Crippen LogP contribution in [0.5, 0.6) is 0 Å². The third-order valence-corrected chi connectivity index (χ3v) is 8.18. The van der Waals surface area contributed by atoms with E-state index in [2.05, 4.69) is 47.5 Å². The maximum atomic E-state index is 13.9. The smallest absolute Gasteiger partial charge is 0.241 e. The molecule has 2 fully saturated rings. The molecule has 3 aromatic rings. The Hall–Kier alpha value is -2.53. The van der Waals surface area contributed by atoms with Gasteiger partial charge in [-0.2, -0.15) is 9.97 Å². The zero-order chi connectivity index (χ0) is 27.1. The Kier molecular flexibility index (Phi) is 7.77. The molecule has 2 saturated heterocycles. The second-order valence-electron chi connectivity index (χ2n) is 11.0. The van der Waals surface area contributed by atoms with Gasteiger partial charge in [-0.3, -0.25) is 10.3 Å². The van der Waals surface area contributed by atoms with Crippen LogP contribution in [-0.4, -0.2) is 62.3 Å². The molecule has 5 rings (SSSR count). The number of benzene rings is 1. The Morgan fingerprint density at radius 1 is 1.18 bits per heavy atom. The zero-order valence-corrected chi connectivity index (χ0v) is 23.5. The molecule has 0 spiro atoms. The molecule has 206 valence electrons. The number of imidazole rings is 1. The van der Waals surface area contributed by atoms with Crippen molar-refractivity contribution in [3.63, 3.8) is 0 Å². The first-order chi connectivity index (χ1) is 18.2. The van der Waals surface area contributed by atoms with Crippen LogP contribution in [0.1, 0.15) is 58.0 Å². The van der Waals surface area contributed by atoms with Crippen molar-refractivity contribution < 1.29 is 9.13 Å². The van der Waals surface area contributed by atoms with Crippen molar-refractivity contribution in [3.8, 4) is 0 Å². The maximum Gasteiger partial charge on any atom is 0.241 e. The number of rotatable bonds is 7. The lowest BCUT2D eigenvalue weighted by molar-refractivity contribution is 0.0821. The van der Waals surface area contributed by atoms with Crippen LogP contribution in [-0.2, 0) is 11.3 Å². The number of ether oxygens (including phenoxy) is 1. The Morgan fingerprint density at radius 3 is 2.63 bits per heavy atom. The number of hydrogen-bond acceptors (Lipinski definition) is 8.